The average molecular weight is 402 g/mol. The van der Waals surface area contributed by atoms with Gasteiger partial charge in [-0.25, -0.2) is 0 Å². The number of nitrogens with zero attached hydrogens (tertiary/aromatic N) is 3. The summed E-state index contributed by atoms with van der Waals surface area (Å²) in [5.74, 6) is 0.0987. The summed E-state index contributed by atoms with van der Waals surface area (Å²) in [6.07, 6.45) is -0.723. The van der Waals surface area contributed by atoms with Crippen molar-refractivity contribution in [3.63, 3.8) is 0 Å². The quantitative estimate of drug-likeness (QED) is 0.451. The molecular weight excluding hydrogens is 388 g/mol. The molecule has 0 saturated carbocycles. The first-order chi connectivity index (χ1) is 13.0. The summed E-state index contributed by atoms with van der Waals surface area (Å²) < 4.78 is 5.43. The molecule has 0 spiro atoms. The first kappa shape index (κ1) is 18.8. The van der Waals surface area contributed by atoms with Gasteiger partial charge in [0.2, 0.25) is 0 Å². The van der Waals surface area contributed by atoms with Gasteiger partial charge in [-0.05, 0) is 37.3 Å². The maximum Gasteiger partial charge on any atom is 0.324 e. The molecule has 27 heavy (non-hydrogen) atoms. The van der Waals surface area contributed by atoms with Gasteiger partial charge < -0.3 is 15.0 Å². The lowest BCUT2D eigenvalue weighted by molar-refractivity contribution is -0.380. The van der Waals surface area contributed by atoms with Crippen LogP contribution in [0.1, 0.15) is 18.0 Å². The van der Waals surface area contributed by atoms with E-state index in [4.69, 9.17) is 4.74 Å². The van der Waals surface area contributed by atoms with E-state index in [0.29, 0.717) is 22.9 Å². The van der Waals surface area contributed by atoms with Crippen LogP contribution in [0.25, 0.3) is 0 Å². The largest absolute Gasteiger partial charge is 0.494 e. The zero-order valence-corrected chi connectivity index (χ0v) is 15.8. The third-order valence-electron chi connectivity index (χ3n) is 3.80. The number of hydrogen-bond acceptors (Lipinski definition) is 8. The molecule has 0 bridgehead atoms. The molecule has 0 fully saturated rings. The second-order valence-electron chi connectivity index (χ2n) is 5.42. The van der Waals surface area contributed by atoms with Crippen molar-refractivity contribution in [1.82, 2.24) is 5.32 Å². The lowest BCUT2D eigenvalue weighted by Crippen LogP contribution is -2.45. The number of nitrogens with one attached hydrogen (secondary N) is 1. The van der Waals surface area contributed by atoms with Crippen molar-refractivity contribution in [2.75, 3.05) is 11.5 Å². The maximum atomic E-state index is 12.3. The van der Waals surface area contributed by atoms with E-state index in [1.165, 1.54) is 6.07 Å². The Balaban J connectivity index is 2.07. The summed E-state index contributed by atoms with van der Waals surface area (Å²) in [4.78, 5) is 25.0. The molecule has 0 saturated heterocycles. The Morgan fingerprint density at radius 1 is 1.37 bits per heavy atom. The van der Waals surface area contributed by atoms with E-state index < -0.39 is 17.0 Å². The van der Waals surface area contributed by atoms with Gasteiger partial charge >= 0.3 is 5.00 Å². The van der Waals surface area contributed by atoms with Crippen LogP contribution in [0.5, 0.6) is 5.75 Å². The van der Waals surface area contributed by atoms with Crippen molar-refractivity contribution >= 4 is 40.6 Å². The molecule has 2 aromatic rings. The number of hydrogen-bond donors (Lipinski definition) is 2. The van der Waals surface area contributed by atoms with Crippen LogP contribution in [0.4, 0.5) is 10.7 Å². The van der Waals surface area contributed by atoms with E-state index in [2.05, 4.69) is 17.9 Å². The van der Waals surface area contributed by atoms with E-state index in [1.807, 2.05) is 13.0 Å². The number of thiophene rings is 1. The predicted molar refractivity (Wildman–Crippen MR) is 104 cm³/mol. The first-order valence-corrected chi connectivity index (χ1v) is 9.13. The topological polar surface area (TPSA) is 108 Å². The standard InChI is InChI=1S/C17H14N4O4S2/c1-2-25-11-5-3-10(4-6-11)20-15(13-7-8-14(27-13)21(23)24)19-16(22)12(9-18)17(20)26/h3-8,15,26H,2H2,1H3,(H,19,22). The molecule has 0 aliphatic carbocycles. The number of carbonyl (C=O) groups excluding carboxylic acids is 1. The second-order valence-corrected chi connectivity index (χ2v) is 6.93. The summed E-state index contributed by atoms with van der Waals surface area (Å²) in [6, 6.07) is 11.9. The van der Waals surface area contributed by atoms with E-state index in [9.17, 15) is 20.2 Å². The zero-order chi connectivity index (χ0) is 19.6. The minimum absolute atomic E-state index is 0.0401. The fraction of sp³-hybridized carbons (Fsp3) is 0.176. The third kappa shape index (κ3) is 3.60. The number of ether oxygens (including phenoxy) is 1. The summed E-state index contributed by atoms with van der Waals surface area (Å²) in [5.41, 5.74) is 0.520. The van der Waals surface area contributed by atoms with E-state index in [0.717, 1.165) is 11.3 Å². The van der Waals surface area contributed by atoms with E-state index >= 15 is 0 Å². The molecule has 1 aliphatic heterocycles. The number of nitriles is 1. The highest BCUT2D eigenvalue weighted by molar-refractivity contribution is 7.84. The van der Waals surface area contributed by atoms with Gasteiger partial charge in [0.25, 0.3) is 5.91 Å². The lowest BCUT2D eigenvalue weighted by atomic mass is 10.1. The summed E-state index contributed by atoms with van der Waals surface area (Å²) in [5, 5.41) is 23.2. The zero-order valence-electron chi connectivity index (χ0n) is 14.1. The van der Waals surface area contributed by atoms with Crippen LogP contribution in [0.3, 0.4) is 0 Å². The molecule has 0 radical (unpaired) electrons. The molecule has 2 heterocycles. The van der Waals surface area contributed by atoms with Crippen LogP contribution in [0, 0.1) is 21.4 Å². The summed E-state index contributed by atoms with van der Waals surface area (Å²) >= 11 is 5.34. The third-order valence-corrected chi connectivity index (χ3v) is 5.33. The van der Waals surface area contributed by atoms with Crippen molar-refractivity contribution in [3.05, 3.63) is 62.0 Å². The van der Waals surface area contributed by atoms with E-state index in [1.54, 1.807) is 35.2 Å². The Morgan fingerprint density at radius 3 is 2.63 bits per heavy atom. The number of rotatable bonds is 5. The molecule has 1 aliphatic rings. The van der Waals surface area contributed by atoms with Crippen molar-refractivity contribution in [2.24, 2.45) is 0 Å². The normalized spacial score (nSPS) is 16.7. The van der Waals surface area contributed by atoms with E-state index in [-0.39, 0.29) is 15.6 Å². The molecule has 138 valence electrons. The van der Waals surface area contributed by atoms with Gasteiger partial charge in [0, 0.05) is 11.8 Å². The summed E-state index contributed by atoms with van der Waals surface area (Å²) in [7, 11) is 0. The number of benzene rings is 1. The molecule has 8 nitrogen and oxygen atoms in total. The Bertz CT molecular complexity index is 962. The highest BCUT2D eigenvalue weighted by Crippen LogP contribution is 2.39. The van der Waals surface area contributed by atoms with Gasteiger partial charge in [-0.15, -0.1) is 12.6 Å². The Kier molecular flexibility index (Phi) is 5.34. The van der Waals surface area contributed by atoms with Crippen molar-refractivity contribution in [1.29, 1.82) is 5.26 Å². The molecule has 1 amide bonds. The fourth-order valence-corrected chi connectivity index (χ4v) is 3.88. The van der Waals surface area contributed by atoms with Gasteiger partial charge in [0.05, 0.1) is 21.4 Å². The van der Waals surface area contributed by atoms with Crippen molar-refractivity contribution < 1.29 is 14.5 Å². The number of nitro groups is 1. The van der Waals surface area contributed by atoms with Gasteiger partial charge in [-0.3, -0.25) is 14.9 Å². The van der Waals surface area contributed by atoms with Crippen LogP contribution in [-0.4, -0.2) is 17.4 Å². The Hall–Kier alpha value is -3.03. The van der Waals surface area contributed by atoms with Crippen molar-refractivity contribution in [3.8, 4) is 11.8 Å². The molecule has 1 aromatic carbocycles. The molecule has 3 rings (SSSR count). The SMILES string of the molecule is CCOc1ccc(N2C(S)=C(C#N)C(=O)NC2c2ccc([N+](=O)[O-])s2)cc1. The predicted octanol–water partition coefficient (Wildman–Crippen LogP) is 3.35. The number of thiol groups is 1. The highest BCUT2D eigenvalue weighted by atomic mass is 32.1. The average Bonchev–Trinajstić information content (AvgIpc) is 3.13. The first-order valence-electron chi connectivity index (χ1n) is 7.86. The van der Waals surface area contributed by atoms with Crippen LogP contribution in [0.15, 0.2) is 47.0 Å². The van der Waals surface area contributed by atoms with Crippen LogP contribution >= 0.6 is 24.0 Å². The smallest absolute Gasteiger partial charge is 0.324 e. The minimum Gasteiger partial charge on any atom is -0.494 e. The minimum atomic E-state index is -0.723. The molecule has 1 atom stereocenters. The van der Waals surface area contributed by atoms with Gasteiger partial charge in [-0.1, -0.05) is 11.3 Å². The summed E-state index contributed by atoms with van der Waals surface area (Å²) in [6.45, 7) is 2.40. The maximum absolute atomic E-state index is 12.3. The van der Waals surface area contributed by atoms with Crippen LogP contribution < -0.4 is 15.0 Å². The molecule has 10 heteroatoms. The van der Waals surface area contributed by atoms with Crippen LogP contribution in [0.2, 0.25) is 0 Å². The molecule has 1 N–H and O–H groups in total. The van der Waals surface area contributed by atoms with Gasteiger partial charge in [0.1, 0.15) is 23.6 Å². The fourth-order valence-electron chi connectivity index (χ4n) is 2.63. The van der Waals surface area contributed by atoms with Crippen LogP contribution in [-0.2, 0) is 4.79 Å². The van der Waals surface area contributed by atoms with Crippen molar-refractivity contribution in [2.45, 2.75) is 13.1 Å². The molecular formula is C17H14N4O4S2. The monoisotopic (exact) mass is 402 g/mol. The number of amides is 1. The molecule has 1 aromatic heterocycles. The molecule has 1 unspecified atom stereocenters. The Morgan fingerprint density at radius 2 is 2.07 bits per heavy atom. The number of carbonyl (C=O) groups is 1. The van der Waals surface area contributed by atoms with Gasteiger partial charge in [-0.2, -0.15) is 5.26 Å². The number of anilines is 1. The lowest BCUT2D eigenvalue weighted by Gasteiger charge is -2.37. The van der Waals surface area contributed by atoms with Gasteiger partial charge in [0.15, 0.2) is 0 Å². The second kappa shape index (κ2) is 7.69. The Labute approximate surface area is 164 Å². The highest BCUT2D eigenvalue weighted by Gasteiger charge is 2.35.